The van der Waals surface area contributed by atoms with E-state index in [1.807, 2.05) is 79.9 Å². The Kier molecular flexibility index (Phi) is 4.37. The SMILES string of the molecule is C=CC(c1ccccc1)C1(c2ccc(Cl)cc2)C(=O)N(C)c2ccccc21. The van der Waals surface area contributed by atoms with Crippen molar-refractivity contribution >= 4 is 23.2 Å². The summed E-state index contributed by atoms with van der Waals surface area (Å²) in [6.45, 7) is 4.11. The molecule has 1 aliphatic heterocycles. The third kappa shape index (κ3) is 2.52. The Morgan fingerprint density at radius 3 is 2.26 bits per heavy atom. The molecule has 0 fully saturated rings. The second kappa shape index (κ2) is 6.71. The van der Waals surface area contributed by atoms with Crippen LogP contribution in [0, 0.1) is 0 Å². The maximum Gasteiger partial charge on any atom is 0.242 e. The molecule has 3 aromatic carbocycles. The summed E-state index contributed by atoms with van der Waals surface area (Å²) in [7, 11) is 1.84. The summed E-state index contributed by atoms with van der Waals surface area (Å²) in [6, 6.07) is 25.7. The lowest BCUT2D eigenvalue weighted by molar-refractivity contribution is -0.121. The van der Waals surface area contributed by atoms with Crippen molar-refractivity contribution in [3.63, 3.8) is 0 Å². The molecule has 1 aliphatic rings. The lowest BCUT2D eigenvalue weighted by Crippen LogP contribution is -2.44. The lowest BCUT2D eigenvalue weighted by atomic mass is 9.64. The highest BCUT2D eigenvalue weighted by atomic mass is 35.5. The zero-order valence-electron chi connectivity index (χ0n) is 15.1. The number of anilines is 1. The van der Waals surface area contributed by atoms with E-state index in [1.54, 1.807) is 4.90 Å². The van der Waals surface area contributed by atoms with Crippen molar-refractivity contribution < 1.29 is 4.79 Å². The average Bonchev–Trinajstić information content (AvgIpc) is 2.93. The molecule has 0 bridgehead atoms. The first-order chi connectivity index (χ1) is 13.1. The van der Waals surface area contributed by atoms with Crippen LogP contribution in [-0.4, -0.2) is 13.0 Å². The van der Waals surface area contributed by atoms with Crippen LogP contribution < -0.4 is 4.90 Å². The van der Waals surface area contributed by atoms with Crippen LogP contribution in [0.3, 0.4) is 0 Å². The van der Waals surface area contributed by atoms with Gasteiger partial charge in [0.1, 0.15) is 5.41 Å². The van der Waals surface area contributed by atoms with Crippen LogP contribution in [0.25, 0.3) is 0 Å². The molecule has 4 rings (SSSR count). The minimum Gasteiger partial charge on any atom is -0.314 e. The molecule has 2 atom stereocenters. The Labute approximate surface area is 164 Å². The second-order valence-electron chi connectivity index (χ2n) is 6.82. The van der Waals surface area contributed by atoms with Crippen LogP contribution in [-0.2, 0) is 10.2 Å². The van der Waals surface area contributed by atoms with E-state index in [0.29, 0.717) is 5.02 Å². The van der Waals surface area contributed by atoms with Crippen molar-refractivity contribution in [3.05, 3.63) is 113 Å². The predicted octanol–water partition coefficient (Wildman–Crippen LogP) is 5.57. The molecular weight excluding hydrogens is 354 g/mol. The van der Waals surface area contributed by atoms with Gasteiger partial charge in [-0.05, 0) is 34.9 Å². The number of fused-ring (bicyclic) bond motifs is 1. The van der Waals surface area contributed by atoms with Crippen molar-refractivity contribution in [2.45, 2.75) is 11.3 Å². The summed E-state index contributed by atoms with van der Waals surface area (Å²) in [5.74, 6) is -0.168. The summed E-state index contributed by atoms with van der Waals surface area (Å²) >= 11 is 6.14. The molecule has 0 saturated carbocycles. The molecule has 0 N–H and O–H groups in total. The zero-order valence-corrected chi connectivity index (χ0v) is 15.9. The van der Waals surface area contributed by atoms with Crippen LogP contribution in [0.5, 0.6) is 0 Å². The fourth-order valence-electron chi connectivity index (χ4n) is 4.28. The number of nitrogens with zero attached hydrogens (tertiary/aromatic N) is 1. The summed E-state index contributed by atoms with van der Waals surface area (Å²) in [5.41, 5.74) is 3.02. The molecule has 0 saturated heterocycles. The second-order valence-corrected chi connectivity index (χ2v) is 7.26. The van der Waals surface area contributed by atoms with Crippen LogP contribution in [0.2, 0.25) is 5.02 Å². The number of benzene rings is 3. The van der Waals surface area contributed by atoms with Gasteiger partial charge in [0.25, 0.3) is 0 Å². The molecule has 3 heteroatoms. The molecule has 0 spiro atoms. The fourth-order valence-corrected chi connectivity index (χ4v) is 4.41. The summed E-state index contributed by atoms with van der Waals surface area (Å²) < 4.78 is 0. The van der Waals surface area contributed by atoms with Gasteiger partial charge < -0.3 is 4.90 Å². The van der Waals surface area contributed by atoms with Crippen molar-refractivity contribution in [3.8, 4) is 0 Å². The number of carbonyl (C=O) groups excluding carboxylic acids is 1. The number of hydrogen-bond acceptors (Lipinski definition) is 1. The van der Waals surface area contributed by atoms with E-state index in [4.69, 9.17) is 11.6 Å². The maximum absolute atomic E-state index is 13.8. The summed E-state index contributed by atoms with van der Waals surface area (Å²) in [4.78, 5) is 15.5. The zero-order chi connectivity index (χ0) is 19.0. The minimum absolute atomic E-state index is 0.0415. The number of carbonyl (C=O) groups is 1. The third-order valence-electron chi connectivity index (χ3n) is 5.49. The normalized spacial score (nSPS) is 19.6. The standard InChI is InChI=1S/C24H20ClNO/c1-3-20(17-9-5-4-6-10-17)24(18-13-15-19(25)16-14-18)21-11-7-8-12-22(21)26(2)23(24)27/h3-16,20H,1H2,2H3. The lowest BCUT2D eigenvalue weighted by Gasteiger charge is -2.36. The Morgan fingerprint density at radius 1 is 0.963 bits per heavy atom. The monoisotopic (exact) mass is 373 g/mol. The molecule has 0 aliphatic carbocycles. The third-order valence-corrected chi connectivity index (χ3v) is 5.74. The number of hydrogen-bond donors (Lipinski definition) is 0. The molecule has 1 amide bonds. The molecule has 2 nitrogen and oxygen atoms in total. The van der Waals surface area contributed by atoms with E-state index >= 15 is 0 Å². The first-order valence-corrected chi connectivity index (χ1v) is 9.29. The smallest absolute Gasteiger partial charge is 0.242 e. The van der Waals surface area contributed by atoms with Crippen LogP contribution in [0.1, 0.15) is 22.6 Å². The highest BCUT2D eigenvalue weighted by molar-refractivity contribution is 6.30. The van der Waals surface area contributed by atoms with Crippen LogP contribution >= 0.6 is 11.6 Å². The minimum atomic E-state index is -0.876. The molecule has 3 aromatic rings. The van der Waals surface area contributed by atoms with E-state index in [0.717, 1.165) is 22.4 Å². The van der Waals surface area contributed by atoms with Gasteiger partial charge in [-0.15, -0.1) is 6.58 Å². The number of amides is 1. The van der Waals surface area contributed by atoms with Crippen molar-refractivity contribution in [2.24, 2.45) is 0 Å². The Balaban J connectivity index is 2.07. The number of para-hydroxylation sites is 1. The van der Waals surface area contributed by atoms with Gasteiger partial charge in [0.15, 0.2) is 0 Å². The predicted molar refractivity (Wildman–Crippen MR) is 111 cm³/mol. The van der Waals surface area contributed by atoms with Gasteiger partial charge in [0.2, 0.25) is 5.91 Å². The topological polar surface area (TPSA) is 20.3 Å². The molecule has 2 unspecified atom stereocenters. The van der Waals surface area contributed by atoms with Gasteiger partial charge in [-0.25, -0.2) is 0 Å². The number of allylic oxidation sites excluding steroid dienone is 1. The van der Waals surface area contributed by atoms with Gasteiger partial charge in [-0.3, -0.25) is 4.79 Å². The van der Waals surface area contributed by atoms with E-state index in [2.05, 4.69) is 18.7 Å². The molecule has 0 aromatic heterocycles. The van der Waals surface area contributed by atoms with E-state index in [1.165, 1.54) is 0 Å². The van der Waals surface area contributed by atoms with E-state index in [-0.39, 0.29) is 11.8 Å². The molecule has 0 radical (unpaired) electrons. The average molecular weight is 374 g/mol. The maximum atomic E-state index is 13.8. The van der Waals surface area contributed by atoms with Gasteiger partial charge in [0, 0.05) is 23.7 Å². The molecule has 27 heavy (non-hydrogen) atoms. The molecule has 134 valence electrons. The van der Waals surface area contributed by atoms with E-state index in [9.17, 15) is 4.79 Å². The van der Waals surface area contributed by atoms with Gasteiger partial charge in [0.05, 0.1) is 0 Å². The van der Waals surface area contributed by atoms with Crippen LogP contribution in [0.4, 0.5) is 5.69 Å². The van der Waals surface area contributed by atoms with Gasteiger partial charge in [-0.2, -0.15) is 0 Å². The van der Waals surface area contributed by atoms with Crippen molar-refractivity contribution in [1.82, 2.24) is 0 Å². The Morgan fingerprint density at radius 2 is 1.59 bits per heavy atom. The first kappa shape index (κ1) is 17.6. The quantitative estimate of drug-likeness (QED) is 0.547. The molecule has 1 heterocycles. The number of halogens is 1. The number of rotatable bonds is 4. The first-order valence-electron chi connectivity index (χ1n) is 8.92. The van der Waals surface area contributed by atoms with Gasteiger partial charge in [-0.1, -0.05) is 78.3 Å². The Hall–Kier alpha value is -2.84. The van der Waals surface area contributed by atoms with Crippen molar-refractivity contribution in [1.29, 1.82) is 0 Å². The van der Waals surface area contributed by atoms with Crippen LogP contribution in [0.15, 0.2) is 91.5 Å². The summed E-state index contributed by atoms with van der Waals surface area (Å²) in [6.07, 6.45) is 1.89. The highest BCUT2D eigenvalue weighted by Crippen LogP contribution is 2.53. The molecular formula is C24H20ClNO. The summed E-state index contributed by atoms with van der Waals surface area (Å²) in [5, 5.41) is 0.649. The van der Waals surface area contributed by atoms with Gasteiger partial charge >= 0.3 is 0 Å². The fraction of sp³-hybridized carbons (Fsp3) is 0.125. The number of likely N-dealkylation sites (N-methyl/N-ethyl adjacent to an activating group) is 1. The Bertz CT molecular complexity index is 996. The van der Waals surface area contributed by atoms with Crippen molar-refractivity contribution in [2.75, 3.05) is 11.9 Å². The largest absolute Gasteiger partial charge is 0.314 e. The highest BCUT2D eigenvalue weighted by Gasteiger charge is 2.55. The van der Waals surface area contributed by atoms with E-state index < -0.39 is 5.41 Å².